The van der Waals surface area contributed by atoms with Crippen LogP contribution >= 0.6 is 12.6 Å². The van der Waals surface area contributed by atoms with E-state index in [0.717, 1.165) is 0 Å². The van der Waals surface area contributed by atoms with Gasteiger partial charge < -0.3 is 9.64 Å². The zero-order valence-corrected chi connectivity index (χ0v) is 9.71. The monoisotopic (exact) mass is 241 g/mol. The topological polar surface area (TPSA) is 29.5 Å². The molecule has 1 heterocycles. The van der Waals surface area contributed by atoms with Crippen LogP contribution in [-0.2, 0) is 4.79 Å². The third-order valence-corrected chi connectivity index (χ3v) is 2.88. The van der Waals surface area contributed by atoms with Crippen molar-refractivity contribution >= 4 is 24.2 Å². The molecular weight excluding hydrogens is 229 g/mol. The average Bonchev–Trinajstić information content (AvgIpc) is 2.57. The number of thiol groups is 1. The van der Waals surface area contributed by atoms with Gasteiger partial charge in [0.15, 0.2) is 0 Å². The summed E-state index contributed by atoms with van der Waals surface area (Å²) in [6, 6.07) is 4.14. The minimum absolute atomic E-state index is 0.00934. The number of benzene rings is 1. The van der Waals surface area contributed by atoms with Crippen LogP contribution in [0.3, 0.4) is 0 Å². The fourth-order valence-corrected chi connectivity index (χ4v) is 2.12. The summed E-state index contributed by atoms with van der Waals surface area (Å²) < 4.78 is 18.1. The van der Waals surface area contributed by atoms with Gasteiger partial charge in [-0.15, -0.1) is 0 Å². The normalized spacial score (nSPS) is 20.3. The Labute approximate surface area is 98.6 Å². The van der Waals surface area contributed by atoms with Crippen molar-refractivity contribution in [3.05, 3.63) is 24.0 Å². The summed E-state index contributed by atoms with van der Waals surface area (Å²) in [5.74, 6) is -0.0182. The molecule has 1 aliphatic heterocycles. The number of amides is 1. The van der Waals surface area contributed by atoms with Gasteiger partial charge in [0.2, 0.25) is 5.91 Å². The first-order valence-corrected chi connectivity index (χ1v) is 5.45. The Balaban J connectivity index is 2.36. The zero-order chi connectivity index (χ0) is 11.7. The molecule has 16 heavy (non-hydrogen) atoms. The second kappa shape index (κ2) is 4.33. The molecule has 1 unspecified atom stereocenters. The molecule has 2 rings (SSSR count). The second-order valence-electron chi connectivity index (χ2n) is 3.68. The smallest absolute Gasteiger partial charge is 0.228 e. The first kappa shape index (κ1) is 11.3. The third kappa shape index (κ3) is 2.00. The Bertz CT molecular complexity index is 424. The zero-order valence-electron chi connectivity index (χ0n) is 8.81. The van der Waals surface area contributed by atoms with Gasteiger partial charge in [-0.05, 0) is 12.1 Å². The maximum absolute atomic E-state index is 13.0. The number of carbonyl (C=O) groups is 1. The standard InChI is InChI=1S/C11H12FNO2S/c1-15-10-4-7(12)2-3-9(10)13-6-8(16)5-11(13)14/h2-4,8,16H,5-6H2,1H3. The predicted octanol–water partition coefficient (Wildman–Crippen LogP) is 1.87. The molecule has 86 valence electrons. The molecule has 0 aromatic heterocycles. The van der Waals surface area contributed by atoms with Crippen LogP contribution in [0.4, 0.5) is 10.1 Å². The summed E-state index contributed by atoms with van der Waals surface area (Å²) >= 11 is 4.27. The van der Waals surface area contributed by atoms with Crippen molar-refractivity contribution in [3.8, 4) is 5.75 Å². The Morgan fingerprint density at radius 3 is 2.88 bits per heavy atom. The van der Waals surface area contributed by atoms with E-state index in [2.05, 4.69) is 12.6 Å². The maximum atomic E-state index is 13.0. The lowest BCUT2D eigenvalue weighted by Crippen LogP contribution is -2.25. The van der Waals surface area contributed by atoms with Gasteiger partial charge in [0, 0.05) is 24.3 Å². The van der Waals surface area contributed by atoms with Crippen molar-refractivity contribution in [2.75, 3.05) is 18.6 Å². The van der Waals surface area contributed by atoms with Crippen molar-refractivity contribution in [2.45, 2.75) is 11.7 Å². The van der Waals surface area contributed by atoms with E-state index in [1.165, 1.54) is 19.2 Å². The average molecular weight is 241 g/mol. The number of hydrogen-bond acceptors (Lipinski definition) is 3. The number of carbonyl (C=O) groups excluding carboxylic acids is 1. The minimum atomic E-state index is -0.380. The van der Waals surface area contributed by atoms with Crippen molar-refractivity contribution in [2.24, 2.45) is 0 Å². The van der Waals surface area contributed by atoms with Crippen LogP contribution in [0.5, 0.6) is 5.75 Å². The number of nitrogens with zero attached hydrogens (tertiary/aromatic N) is 1. The molecule has 1 amide bonds. The van der Waals surface area contributed by atoms with E-state index in [-0.39, 0.29) is 17.0 Å². The molecule has 1 aromatic rings. The first-order valence-electron chi connectivity index (χ1n) is 4.94. The summed E-state index contributed by atoms with van der Waals surface area (Å²) in [6.07, 6.45) is 0.406. The van der Waals surface area contributed by atoms with Crippen LogP contribution in [0.2, 0.25) is 0 Å². The van der Waals surface area contributed by atoms with Crippen molar-refractivity contribution in [1.82, 2.24) is 0 Å². The van der Waals surface area contributed by atoms with Crippen molar-refractivity contribution in [3.63, 3.8) is 0 Å². The minimum Gasteiger partial charge on any atom is -0.494 e. The summed E-state index contributed by atoms with van der Waals surface area (Å²) in [7, 11) is 1.46. The molecule has 0 bridgehead atoms. The van der Waals surface area contributed by atoms with Crippen LogP contribution in [0.15, 0.2) is 18.2 Å². The van der Waals surface area contributed by atoms with Crippen LogP contribution in [-0.4, -0.2) is 24.8 Å². The molecule has 0 saturated carbocycles. The fourth-order valence-electron chi connectivity index (χ4n) is 1.80. The number of ether oxygens (including phenoxy) is 1. The molecule has 1 atom stereocenters. The summed E-state index contributed by atoms with van der Waals surface area (Å²) in [5, 5.41) is 0.0299. The highest BCUT2D eigenvalue weighted by Crippen LogP contribution is 2.32. The largest absolute Gasteiger partial charge is 0.494 e. The molecule has 0 spiro atoms. The Morgan fingerprint density at radius 1 is 1.56 bits per heavy atom. The molecule has 1 aliphatic rings. The van der Waals surface area contributed by atoms with E-state index >= 15 is 0 Å². The van der Waals surface area contributed by atoms with E-state index in [1.54, 1.807) is 11.0 Å². The van der Waals surface area contributed by atoms with Crippen LogP contribution in [0.25, 0.3) is 0 Å². The molecule has 1 saturated heterocycles. The van der Waals surface area contributed by atoms with Gasteiger partial charge >= 0.3 is 0 Å². The van der Waals surface area contributed by atoms with E-state index in [1.807, 2.05) is 0 Å². The van der Waals surface area contributed by atoms with Crippen molar-refractivity contribution in [1.29, 1.82) is 0 Å². The number of methoxy groups -OCH3 is 1. The van der Waals surface area contributed by atoms with Crippen LogP contribution in [0.1, 0.15) is 6.42 Å². The highest BCUT2D eigenvalue weighted by atomic mass is 32.1. The molecular formula is C11H12FNO2S. The summed E-state index contributed by atoms with van der Waals surface area (Å²) in [4.78, 5) is 13.2. The Morgan fingerprint density at radius 2 is 2.31 bits per heavy atom. The third-order valence-electron chi connectivity index (χ3n) is 2.54. The van der Waals surface area contributed by atoms with Gasteiger partial charge in [0.05, 0.1) is 12.8 Å². The second-order valence-corrected chi connectivity index (χ2v) is 4.41. The highest BCUT2D eigenvalue weighted by Gasteiger charge is 2.30. The lowest BCUT2D eigenvalue weighted by Gasteiger charge is -2.18. The molecule has 3 nitrogen and oxygen atoms in total. The summed E-state index contributed by atoms with van der Waals surface area (Å²) in [6.45, 7) is 0.532. The van der Waals surface area contributed by atoms with E-state index in [9.17, 15) is 9.18 Å². The Kier molecular flexibility index (Phi) is 3.05. The molecule has 0 N–H and O–H groups in total. The summed E-state index contributed by atoms with van der Waals surface area (Å²) in [5.41, 5.74) is 0.602. The molecule has 5 heteroatoms. The number of rotatable bonds is 2. The van der Waals surface area contributed by atoms with Crippen LogP contribution in [0, 0.1) is 5.82 Å². The van der Waals surface area contributed by atoms with E-state index < -0.39 is 0 Å². The van der Waals surface area contributed by atoms with Gasteiger partial charge in [-0.1, -0.05) is 0 Å². The molecule has 0 radical (unpaired) electrons. The number of anilines is 1. The quantitative estimate of drug-likeness (QED) is 0.801. The lowest BCUT2D eigenvalue weighted by molar-refractivity contribution is -0.117. The molecule has 1 fully saturated rings. The van der Waals surface area contributed by atoms with Gasteiger partial charge in [-0.2, -0.15) is 12.6 Å². The van der Waals surface area contributed by atoms with Crippen molar-refractivity contribution < 1.29 is 13.9 Å². The predicted molar refractivity (Wildman–Crippen MR) is 62.7 cm³/mol. The SMILES string of the molecule is COc1cc(F)ccc1N1CC(S)CC1=O. The molecule has 0 aliphatic carbocycles. The Hall–Kier alpha value is -1.23. The highest BCUT2D eigenvalue weighted by molar-refractivity contribution is 7.81. The molecule has 1 aromatic carbocycles. The lowest BCUT2D eigenvalue weighted by atomic mass is 10.2. The maximum Gasteiger partial charge on any atom is 0.228 e. The van der Waals surface area contributed by atoms with Gasteiger partial charge in [-0.25, -0.2) is 4.39 Å². The van der Waals surface area contributed by atoms with Gasteiger partial charge in [0.25, 0.3) is 0 Å². The van der Waals surface area contributed by atoms with E-state index in [0.29, 0.717) is 24.4 Å². The van der Waals surface area contributed by atoms with Gasteiger partial charge in [-0.3, -0.25) is 4.79 Å². The van der Waals surface area contributed by atoms with E-state index in [4.69, 9.17) is 4.74 Å². The number of hydrogen-bond donors (Lipinski definition) is 1. The van der Waals surface area contributed by atoms with Gasteiger partial charge in [0.1, 0.15) is 11.6 Å². The first-order chi connectivity index (χ1) is 7.61. The number of halogens is 1. The fraction of sp³-hybridized carbons (Fsp3) is 0.364. The van der Waals surface area contributed by atoms with Crippen LogP contribution < -0.4 is 9.64 Å².